The van der Waals surface area contributed by atoms with Crippen molar-refractivity contribution in [3.05, 3.63) is 24.3 Å². The first-order valence-corrected chi connectivity index (χ1v) is 8.54. The highest BCUT2D eigenvalue weighted by molar-refractivity contribution is 7.89. The number of alkyl halides is 2. The van der Waals surface area contributed by atoms with Crippen LogP contribution in [0.4, 0.5) is 8.78 Å². The lowest BCUT2D eigenvalue weighted by atomic mass is 10.0. The smallest absolute Gasteiger partial charge is 0.387 e. The first kappa shape index (κ1) is 17.6. The van der Waals surface area contributed by atoms with Gasteiger partial charge in [-0.05, 0) is 37.3 Å². The summed E-state index contributed by atoms with van der Waals surface area (Å²) in [7, 11) is -4.03. The zero-order valence-electron chi connectivity index (χ0n) is 12.1. The van der Waals surface area contributed by atoms with Crippen LogP contribution >= 0.6 is 0 Å². The number of carbonyl (C=O) groups is 1. The minimum Gasteiger partial charge on any atom is -0.481 e. The molecule has 2 N–H and O–H groups in total. The van der Waals surface area contributed by atoms with Crippen LogP contribution < -0.4 is 9.46 Å². The van der Waals surface area contributed by atoms with Gasteiger partial charge >= 0.3 is 12.6 Å². The van der Waals surface area contributed by atoms with E-state index in [2.05, 4.69) is 9.46 Å². The molecule has 1 saturated carbocycles. The summed E-state index contributed by atoms with van der Waals surface area (Å²) >= 11 is 0. The van der Waals surface area contributed by atoms with Gasteiger partial charge in [-0.15, -0.1) is 0 Å². The Bertz CT molecular complexity index is 665. The SMILES string of the molecule is O=C(O)C[C@@H]1CC[C@H](NS(=O)(=O)c2ccccc2OC(F)F)C1. The highest BCUT2D eigenvalue weighted by Gasteiger charge is 2.31. The van der Waals surface area contributed by atoms with Crippen LogP contribution in [0.1, 0.15) is 25.7 Å². The summed E-state index contributed by atoms with van der Waals surface area (Å²) in [6, 6.07) is 4.74. The van der Waals surface area contributed by atoms with E-state index in [0.717, 1.165) is 6.07 Å². The van der Waals surface area contributed by atoms with Crippen molar-refractivity contribution in [1.29, 1.82) is 0 Å². The zero-order valence-corrected chi connectivity index (χ0v) is 12.9. The molecule has 1 aliphatic carbocycles. The van der Waals surface area contributed by atoms with Crippen molar-refractivity contribution in [2.45, 2.75) is 43.2 Å². The molecule has 1 aromatic carbocycles. The quantitative estimate of drug-likeness (QED) is 0.787. The summed E-state index contributed by atoms with van der Waals surface area (Å²) in [4.78, 5) is 10.3. The molecule has 23 heavy (non-hydrogen) atoms. The lowest BCUT2D eigenvalue weighted by Crippen LogP contribution is -2.33. The van der Waals surface area contributed by atoms with Crippen LogP contribution in [0.3, 0.4) is 0 Å². The minimum absolute atomic E-state index is 0.0106. The predicted molar refractivity (Wildman–Crippen MR) is 76.8 cm³/mol. The Morgan fingerprint density at radius 1 is 1.35 bits per heavy atom. The number of hydrogen-bond acceptors (Lipinski definition) is 4. The number of aliphatic carboxylic acids is 1. The van der Waals surface area contributed by atoms with Crippen molar-refractivity contribution in [2.24, 2.45) is 5.92 Å². The highest BCUT2D eigenvalue weighted by atomic mass is 32.2. The molecule has 0 spiro atoms. The summed E-state index contributed by atoms with van der Waals surface area (Å²) in [5.41, 5.74) is 0. The fourth-order valence-electron chi connectivity index (χ4n) is 2.76. The molecule has 0 amide bonds. The van der Waals surface area contributed by atoms with Crippen LogP contribution in [0.2, 0.25) is 0 Å². The molecule has 2 atom stereocenters. The average molecular weight is 349 g/mol. The van der Waals surface area contributed by atoms with E-state index in [1.54, 1.807) is 0 Å². The molecule has 0 saturated heterocycles. The van der Waals surface area contributed by atoms with Crippen LogP contribution in [-0.2, 0) is 14.8 Å². The molecule has 1 fully saturated rings. The fraction of sp³-hybridized carbons (Fsp3) is 0.500. The molecule has 0 unspecified atom stereocenters. The Morgan fingerprint density at radius 3 is 2.70 bits per heavy atom. The molecule has 6 nitrogen and oxygen atoms in total. The second kappa shape index (κ2) is 7.22. The number of benzene rings is 1. The molecular weight excluding hydrogens is 332 g/mol. The maximum atomic E-state index is 12.4. The lowest BCUT2D eigenvalue weighted by Gasteiger charge is -2.16. The van der Waals surface area contributed by atoms with Gasteiger partial charge in [0, 0.05) is 12.5 Å². The third-order valence-electron chi connectivity index (χ3n) is 3.68. The third kappa shape index (κ3) is 4.87. The maximum absolute atomic E-state index is 12.4. The maximum Gasteiger partial charge on any atom is 0.387 e. The minimum atomic E-state index is -4.03. The Labute approximate surface area is 132 Å². The van der Waals surface area contributed by atoms with Crippen molar-refractivity contribution in [3.63, 3.8) is 0 Å². The number of carboxylic acids is 1. The van der Waals surface area contributed by atoms with Crippen LogP contribution in [0.25, 0.3) is 0 Å². The van der Waals surface area contributed by atoms with E-state index in [0.29, 0.717) is 19.3 Å². The van der Waals surface area contributed by atoms with Gasteiger partial charge in [-0.2, -0.15) is 8.78 Å². The zero-order chi connectivity index (χ0) is 17.0. The normalized spacial score (nSPS) is 21.5. The number of carboxylic acid groups (broad SMARTS) is 1. The molecule has 1 aromatic rings. The number of ether oxygens (including phenoxy) is 1. The molecular formula is C14H17F2NO5S. The van der Waals surface area contributed by atoms with Gasteiger partial charge in [0.1, 0.15) is 10.6 Å². The molecule has 0 bridgehead atoms. The third-order valence-corrected chi connectivity index (χ3v) is 5.24. The molecule has 0 radical (unpaired) electrons. The second-order valence-electron chi connectivity index (χ2n) is 5.42. The first-order valence-electron chi connectivity index (χ1n) is 7.06. The van der Waals surface area contributed by atoms with Gasteiger partial charge in [0.05, 0.1) is 0 Å². The molecule has 9 heteroatoms. The van der Waals surface area contributed by atoms with Crippen molar-refractivity contribution in [3.8, 4) is 5.75 Å². The summed E-state index contributed by atoms with van der Waals surface area (Å²) < 4.78 is 56.2. The van der Waals surface area contributed by atoms with E-state index in [1.165, 1.54) is 18.2 Å². The Hall–Kier alpha value is -1.74. The molecule has 1 aliphatic rings. The van der Waals surface area contributed by atoms with Crippen LogP contribution in [0.15, 0.2) is 29.2 Å². The fourth-order valence-corrected chi connectivity index (χ4v) is 4.18. The number of hydrogen-bond donors (Lipinski definition) is 2. The van der Waals surface area contributed by atoms with Crippen molar-refractivity contribution in [1.82, 2.24) is 4.72 Å². The van der Waals surface area contributed by atoms with Crippen molar-refractivity contribution in [2.75, 3.05) is 0 Å². The van der Waals surface area contributed by atoms with E-state index in [-0.39, 0.29) is 17.2 Å². The number of halogens is 2. The van der Waals surface area contributed by atoms with Gasteiger partial charge in [0.2, 0.25) is 10.0 Å². The van der Waals surface area contributed by atoms with Crippen molar-refractivity contribution < 1.29 is 31.8 Å². The Morgan fingerprint density at radius 2 is 2.04 bits per heavy atom. The van der Waals surface area contributed by atoms with Crippen molar-refractivity contribution >= 4 is 16.0 Å². The van der Waals surface area contributed by atoms with Gasteiger partial charge in [0.25, 0.3) is 0 Å². The van der Waals surface area contributed by atoms with Crippen LogP contribution in [-0.4, -0.2) is 32.1 Å². The largest absolute Gasteiger partial charge is 0.481 e. The molecule has 0 aliphatic heterocycles. The van der Waals surface area contributed by atoms with Gasteiger partial charge in [-0.25, -0.2) is 13.1 Å². The Balaban J connectivity index is 2.10. The lowest BCUT2D eigenvalue weighted by molar-refractivity contribution is -0.138. The summed E-state index contributed by atoms with van der Waals surface area (Å²) in [5.74, 6) is -1.43. The molecule has 0 aromatic heterocycles. The molecule has 128 valence electrons. The second-order valence-corrected chi connectivity index (χ2v) is 7.10. The topological polar surface area (TPSA) is 92.7 Å². The number of sulfonamides is 1. The average Bonchev–Trinajstić information content (AvgIpc) is 2.84. The van der Waals surface area contributed by atoms with Gasteiger partial charge in [0.15, 0.2) is 0 Å². The molecule has 2 rings (SSSR count). The van der Waals surface area contributed by atoms with E-state index in [4.69, 9.17) is 5.11 Å². The van der Waals surface area contributed by atoms with Gasteiger partial charge < -0.3 is 9.84 Å². The van der Waals surface area contributed by atoms with Crippen LogP contribution in [0.5, 0.6) is 5.75 Å². The first-order chi connectivity index (χ1) is 10.8. The highest BCUT2D eigenvalue weighted by Crippen LogP contribution is 2.31. The van der Waals surface area contributed by atoms with Gasteiger partial charge in [-0.1, -0.05) is 12.1 Å². The monoisotopic (exact) mass is 349 g/mol. The number of rotatable bonds is 7. The van der Waals surface area contributed by atoms with Gasteiger partial charge in [-0.3, -0.25) is 4.79 Å². The number of nitrogens with one attached hydrogen (secondary N) is 1. The van der Waals surface area contributed by atoms with E-state index in [1.807, 2.05) is 0 Å². The van der Waals surface area contributed by atoms with Crippen LogP contribution in [0, 0.1) is 5.92 Å². The summed E-state index contributed by atoms with van der Waals surface area (Å²) in [6.07, 6.45) is 1.51. The van der Waals surface area contributed by atoms with E-state index >= 15 is 0 Å². The Kier molecular flexibility index (Phi) is 5.53. The van der Waals surface area contributed by atoms with E-state index < -0.39 is 34.4 Å². The summed E-state index contributed by atoms with van der Waals surface area (Å²) in [5, 5.41) is 8.76. The standard InChI is InChI=1S/C14H17F2NO5S/c15-14(16)22-11-3-1-2-4-12(11)23(20,21)17-10-6-5-9(7-10)8-13(18)19/h1-4,9-10,14,17H,5-8H2,(H,18,19)/t9-,10+/m1/s1. The summed E-state index contributed by atoms with van der Waals surface area (Å²) in [6.45, 7) is -3.13. The molecule has 0 heterocycles. The van der Waals surface area contributed by atoms with E-state index in [9.17, 15) is 22.0 Å². The predicted octanol–water partition coefficient (Wildman–Crippen LogP) is 2.21. The number of para-hydroxylation sites is 1.